The van der Waals surface area contributed by atoms with Crippen LogP contribution in [0.3, 0.4) is 0 Å². The van der Waals surface area contributed by atoms with E-state index < -0.39 is 0 Å². The number of rotatable bonds is 6. The molecular formula is C32H44Cl2N6O2S. The number of amides is 1. The second kappa shape index (κ2) is 13.9. The number of aryl methyl sites for hydroxylation is 2. The summed E-state index contributed by atoms with van der Waals surface area (Å²) < 4.78 is 6.37. The van der Waals surface area contributed by atoms with Crippen molar-refractivity contribution in [3.63, 3.8) is 0 Å². The number of piperazine rings is 1. The van der Waals surface area contributed by atoms with Gasteiger partial charge in [-0.3, -0.25) is 14.6 Å². The molecule has 234 valence electrons. The lowest BCUT2D eigenvalue weighted by Gasteiger charge is -2.53. The highest BCUT2D eigenvalue weighted by molar-refractivity contribution is 7.13. The van der Waals surface area contributed by atoms with Crippen molar-refractivity contribution in [3.05, 3.63) is 64.2 Å². The molecule has 0 bridgehead atoms. The van der Waals surface area contributed by atoms with Gasteiger partial charge in [0.25, 0.3) is 5.91 Å². The molecule has 0 saturated carbocycles. The van der Waals surface area contributed by atoms with Crippen LogP contribution in [0.25, 0.3) is 10.6 Å². The predicted octanol–water partition coefficient (Wildman–Crippen LogP) is 5.76. The molecule has 11 heteroatoms. The van der Waals surface area contributed by atoms with E-state index in [1.54, 1.807) is 11.3 Å². The van der Waals surface area contributed by atoms with E-state index in [4.69, 9.17) is 4.74 Å². The number of likely N-dealkylation sites (tertiary alicyclic amines) is 1. The third kappa shape index (κ3) is 6.49. The molecule has 1 amide bonds. The Morgan fingerprint density at radius 1 is 1.07 bits per heavy atom. The van der Waals surface area contributed by atoms with Crippen molar-refractivity contribution in [1.29, 1.82) is 0 Å². The average molecular weight is 648 g/mol. The molecule has 1 aliphatic carbocycles. The Morgan fingerprint density at radius 3 is 2.42 bits per heavy atom. The molecule has 8 nitrogen and oxygen atoms in total. The molecule has 0 N–H and O–H groups in total. The monoisotopic (exact) mass is 646 g/mol. The van der Waals surface area contributed by atoms with Crippen molar-refractivity contribution >= 4 is 42.1 Å². The SMILES string of the molecule is CCO[C@@H]1Cc2cc(-c3nccs3)ccc2[C@H]1N1CCN(C2(C)CCN(C(=O)c3c(C)ncnc3C)CC2)C[C@@H]1C.Cl.Cl. The first-order chi connectivity index (χ1) is 19.8. The van der Waals surface area contributed by atoms with Crippen LogP contribution in [0.4, 0.5) is 0 Å². The summed E-state index contributed by atoms with van der Waals surface area (Å²) in [5.74, 6) is 0.0701. The van der Waals surface area contributed by atoms with Crippen LogP contribution in [0.1, 0.15) is 72.5 Å². The number of carbonyl (C=O) groups is 1. The number of hydrogen-bond acceptors (Lipinski definition) is 8. The molecular weight excluding hydrogens is 603 g/mol. The molecule has 0 radical (unpaired) electrons. The maximum Gasteiger partial charge on any atom is 0.257 e. The molecule has 6 rings (SSSR count). The van der Waals surface area contributed by atoms with E-state index in [1.165, 1.54) is 23.0 Å². The van der Waals surface area contributed by atoms with Gasteiger partial charge >= 0.3 is 0 Å². The molecule has 0 unspecified atom stereocenters. The van der Waals surface area contributed by atoms with Gasteiger partial charge in [-0.05, 0) is 64.7 Å². The fourth-order valence-electron chi connectivity index (χ4n) is 7.30. The predicted molar refractivity (Wildman–Crippen MR) is 177 cm³/mol. The Hall–Kier alpha value is -2.14. The number of nitrogens with zero attached hydrogens (tertiary/aromatic N) is 6. The second-order valence-corrected chi connectivity index (χ2v) is 13.0. The maximum atomic E-state index is 13.4. The van der Waals surface area contributed by atoms with Gasteiger partial charge < -0.3 is 9.64 Å². The molecule has 2 saturated heterocycles. The van der Waals surface area contributed by atoms with Gasteiger partial charge in [0.2, 0.25) is 0 Å². The highest BCUT2D eigenvalue weighted by atomic mass is 35.5. The van der Waals surface area contributed by atoms with Crippen LogP contribution in [0, 0.1) is 13.8 Å². The van der Waals surface area contributed by atoms with Gasteiger partial charge in [0.15, 0.2) is 0 Å². The van der Waals surface area contributed by atoms with Crippen molar-refractivity contribution < 1.29 is 9.53 Å². The van der Waals surface area contributed by atoms with E-state index in [9.17, 15) is 4.79 Å². The molecule has 4 heterocycles. The fraction of sp³-hybridized carbons (Fsp3) is 0.562. The second-order valence-electron chi connectivity index (χ2n) is 12.1. The van der Waals surface area contributed by atoms with Crippen molar-refractivity contribution in [2.45, 2.75) is 77.6 Å². The summed E-state index contributed by atoms with van der Waals surface area (Å²) in [6, 6.07) is 7.58. The van der Waals surface area contributed by atoms with Gasteiger partial charge in [-0.15, -0.1) is 36.2 Å². The average Bonchev–Trinajstić information content (AvgIpc) is 3.62. The number of carbonyl (C=O) groups excluding carboxylic acids is 1. The van der Waals surface area contributed by atoms with Gasteiger partial charge in [0.05, 0.1) is 29.1 Å². The number of hydrogen-bond donors (Lipinski definition) is 0. The van der Waals surface area contributed by atoms with Gasteiger partial charge in [0.1, 0.15) is 11.3 Å². The van der Waals surface area contributed by atoms with Crippen LogP contribution < -0.4 is 0 Å². The topological polar surface area (TPSA) is 74.7 Å². The Kier molecular flexibility index (Phi) is 10.9. The number of benzene rings is 1. The molecule has 2 aromatic heterocycles. The van der Waals surface area contributed by atoms with E-state index in [0.717, 1.165) is 75.0 Å². The molecule has 3 atom stereocenters. The molecule has 43 heavy (non-hydrogen) atoms. The summed E-state index contributed by atoms with van der Waals surface area (Å²) in [6.07, 6.45) is 6.50. The van der Waals surface area contributed by atoms with E-state index in [1.807, 2.05) is 30.3 Å². The number of thiazole rings is 1. The summed E-state index contributed by atoms with van der Waals surface area (Å²) in [4.78, 5) is 33.8. The zero-order valence-electron chi connectivity index (χ0n) is 25.8. The Labute approximate surface area is 272 Å². The zero-order valence-corrected chi connectivity index (χ0v) is 28.2. The highest BCUT2D eigenvalue weighted by Crippen LogP contribution is 2.42. The molecule has 1 aromatic carbocycles. The number of halogens is 2. The first-order valence-corrected chi connectivity index (χ1v) is 15.9. The molecule has 2 fully saturated rings. The fourth-order valence-corrected chi connectivity index (χ4v) is 7.93. The van der Waals surface area contributed by atoms with E-state index >= 15 is 0 Å². The van der Waals surface area contributed by atoms with Crippen LogP contribution in [0.15, 0.2) is 36.1 Å². The number of piperidine rings is 1. The van der Waals surface area contributed by atoms with Crippen molar-refractivity contribution in [2.75, 3.05) is 39.3 Å². The Balaban J connectivity index is 0.00000212. The Bertz CT molecular complexity index is 1380. The van der Waals surface area contributed by atoms with Gasteiger partial charge in [-0.25, -0.2) is 15.0 Å². The first kappa shape index (κ1) is 33.7. The smallest absolute Gasteiger partial charge is 0.257 e. The van der Waals surface area contributed by atoms with Crippen LogP contribution >= 0.6 is 36.2 Å². The summed E-state index contributed by atoms with van der Waals surface area (Å²) in [5.41, 5.74) is 6.29. The third-order valence-electron chi connectivity index (χ3n) is 9.66. The molecule has 0 spiro atoms. The lowest BCUT2D eigenvalue weighted by Crippen LogP contribution is -2.62. The van der Waals surface area contributed by atoms with Gasteiger partial charge in [0, 0.05) is 74.5 Å². The lowest BCUT2D eigenvalue weighted by atomic mass is 9.86. The minimum Gasteiger partial charge on any atom is -0.376 e. The summed E-state index contributed by atoms with van der Waals surface area (Å²) >= 11 is 1.69. The van der Waals surface area contributed by atoms with Gasteiger partial charge in [-0.2, -0.15) is 0 Å². The van der Waals surface area contributed by atoms with Crippen LogP contribution in [-0.4, -0.2) is 92.6 Å². The highest BCUT2D eigenvalue weighted by Gasteiger charge is 2.44. The van der Waals surface area contributed by atoms with E-state index in [-0.39, 0.29) is 48.4 Å². The van der Waals surface area contributed by atoms with Crippen LogP contribution in [0.2, 0.25) is 0 Å². The van der Waals surface area contributed by atoms with E-state index in [0.29, 0.717) is 11.6 Å². The van der Waals surface area contributed by atoms with Crippen LogP contribution in [-0.2, 0) is 11.2 Å². The minimum absolute atomic E-state index is 0. The van der Waals surface area contributed by atoms with Crippen molar-refractivity contribution in [1.82, 2.24) is 29.7 Å². The number of fused-ring (bicyclic) bond motifs is 1. The Morgan fingerprint density at radius 2 is 1.79 bits per heavy atom. The maximum absolute atomic E-state index is 13.4. The van der Waals surface area contributed by atoms with Crippen molar-refractivity contribution in [3.8, 4) is 10.6 Å². The zero-order chi connectivity index (χ0) is 28.7. The quantitative estimate of drug-likeness (QED) is 0.337. The molecule has 2 aliphatic heterocycles. The summed E-state index contributed by atoms with van der Waals surface area (Å²) in [5, 5.41) is 3.12. The summed E-state index contributed by atoms with van der Waals surface area (Å²) in [6.45, 7) is 16.0. The first-order valence-electron chi connectivity index (χ1n) is 15.0. The van der Waals surface area contributed by atoms with Gasteiger partial charge in [-0.1, -0.05) is 12.1 Å². The third-order valence-corrected chi connectivity index (χ3v) is 10.5. The lowest BCUT2D eigenvalue weighted by molar-refractivity contribution is -0.0630. The van der Waals surface area contributed by atoms with Crippen LogP contribution in [0.5, 0.6) is 0 Å². The standard InChI is InChI=1S/C32H42N6O2S.2ClH/c1-6-40-27-18-25-17-24(30-33-11-16-41-30)7-8-26(25)29(27)38-15-14-37(19-21(38)2)32(5)9-12-36(13-10-32)31(39)28-22(3)34-20-35-23(28)4;;/h7-8,11,16-17,20-21,27,29H,6,9-10,12-15,18-19H2,1-5H3;2*1H/t21-,27+,29+;;/m0../s1. The van der Waals surface area contributed by atoms with E-state index in [2.05, 4.69) is 63.7 Å². The largest absolute Gasteiger partial charge is 0.376 e. The number of aromatic nitrogens is 3. The molecule has 3 aliphatic rings. The normalized spacial score (nSPS) is 23.7. The van der Waals surface area contributed by atoms with Crippen molar-refractivity contribution in [2.24, 2.45) is 0 Å². The number of ether oxygens (including phenoxy) is 1. The summed E-state index contributed by atoms with van der Waals surface area (Å²) in [7, 11) is 0. The molecule has 3 aromatic rings. The minimum atomic E-state index is 0.